The predicted molar refractivity (Wildman–Crippen MR) is 129 cm³/mol. The molecule has 3 aliphatic rings. The van der Waals surface area contributed by atoms with Gasteiger partial charge in [0.25, 0.3) is 0 Å². The Morgan fingerprint density at radius 1 is 1.15 bits per heavy atom. The van der Waals surface area contributed by atoms with Gasteiger partial charge in [-0.05, 0) is 42.0 Å². The van der Waals surface area contributed by atoms with Gasteiger partial charge in [-0.15, -0.1) is 0 Å². The molecule has 34 heavy (non-hydrogen) atoms. The number of hydrogen-bond donors (Lipinski definition) is 0. The molecule has 174 valence electrons. The van der Waals surface area contributed by atoms with Crippen LogP contribution in [0.4, 0.5) is 0 Å². The average Bonchev–Trinajstić information content (AvgIpc) is 3.47. The van der Waals surface area contributed by atoms with E-state index in [1.54, 1.807) is 0 Å². The lowest BCUT2D eigenvalue weighted by atomic mass is 9.59. The maximum atomic E-state index is 13.9. The Bertz CT molecular complexity index is 1310. The first-order chi connectivity index (χ1) is 16.6. The maximum absolute atomic E-state index is 13.9. The van der Waals surface area contributed by atoms with Crippen LogP contribution in [0, 0.1) is 11.3 Å². The maximum Gasteiger partial charge on any atom is 0.322 e. The summed E-state index contributed by atoms with van der Waals surface area (Å²) in [4.78, 5) is 35.6. The number of carbonyl (C=O) groups is 2. The van der Waals surface area contributed by atoms with Gasteiger partial charge in [0.1, 0.15) is 6.61 Å². The van der Waals surface area contributed by atoms with E-state index < -0.39 is 11.4 Å². The van der Waals surface area contributed by atoms with Gasteiger partial charge >= 0.3 is 5.97 Å². The van der Waals surface area contributed by atoms with E-state index in [1.165, 1.54) is 7.11 Å². The van der Waals surface area contributed by atoms with Crippen molar-refractivity contribution in [2.45, 2.75) is 38.3 Å². The molecule has 1 aliphatic carbocycles. The largest absolute Gasteiger partial charge is 0.468 e. The van der Waals surface area contributed by atoms with Crippen molar-refractivity contribution in [1.29, 1.82) is 0 Å². The lowest BCUT2D eigenvalue weighted by Crippen LogP contribution is -2.61. The number of piperidine rings is 1. The quantitative estimate of drug-likeness (QED) is 0.440. The zero-order chi connectivity index (χ0) is 23.4. The zero-order valence-corrected chi connectivity index (χ0v) is 19.3. The van der Waals surface area contributed by atoms with E-state index in [1.807, 2.05) is 64.2 Å². The van der Waals surface area contributed by atoms with Crippen molar-refractivity contribution in [1.82, 2.24) is 9.63 Å². The molecule has 2 saturated heterocycles. The normalized spacial score (nSPS) is 25.6. The van der Waals surface area contributed by atoms with Crippen LogP contribution in [0.2, 0.25) is 0 Å². The van der Waals surface area contributed by atoms with Gasteiger partial charge in [0, 0.05) is 30.3 Å². The van der Waals surface area contributed by atoms with Crippen LogP contribution in [-0.2, 0) is 27.4 Å². The fraction of sp³-hybridized carbons (Fsp3) is 0.357. The first kappa shape index (κ1) is 21.0. The highest BCUT2D eigenvalue weighted by molar-refractivity contribution is 6.08. The number of rotatable bonds is 4. The summed E-state index contributed by atoms with van der Waals surface area (Å²) in [6.07, 6.45) is 2.95. The zero-order valence-electron chi connectivity index (χ0n) is 19.3. The van der Waals surface area contributed by atoms with E-state index in [0.717, 1.165) is 52.6 Å². The number of allylic oxidation sites excluding steroid dienone is 1. The molecule has 0 N–H and O–H groups in total. The molecule has 0 bridgehead atoms. The Kier molecular flexibility index (Phi) is 4.80. The van der Waals surface area contributed by atoms with Gasteiger partial charge in [0.2, 0.25) is 5.91 Å². The second-order valence-electron chi connectivity index (χ2n) is 9.65. The number of hydrogen-bond acceptors (Lipinski definition) is 4. The van der Waals surface area contributed by atoms with Gasteiger partial charge in [0.05, 0.1) is 18.3 Å². The molecule has 2 fully saturated rings. The number of methoxy groups -OCH3 is 1. The summed E-state index contributed by atoms with van der Waals surface area (Å²) in [5, 5.41) is 0.977. The van der Waals surface area contributed by atoms with Crippen molar-refractivity contribution in [3.05, 3.63) is 78.0 Å². The Labute approximate surface area is 198 Å². The van der Waals surface area contributed by atoms with Crippen molar-refractivity contribution in [3.8, 4) is 0 Å². The standard InChI is InChI=1S/C28H28N2O4/c1-18-23-15-20-11-8-14-29(20)26(31)28(23,27(32)33-2)16-22-21-12-6-7-13-24(21)30(25(18)22)34-17-19-9-4-3-5-10-19/h3-7,9-10,12-13,20,23H,1,8,11,14-17H2,2H3. The Morgan fingerprint density at radius 3 is 2.71 bits per heavy atom. The topological polar surface area (TPSA) is 60.8 Å². The third kappa shape index (κ3) is 2.81. The van der Waals surface area contributed by atoms with Gasteiger partial charge in [-0.2, -0.15) is 4.73 Å². The second kappa shape index (κ2) is 7.76. The molecule has 3 unspecified atom stereocenters. The van der Waals surface area contributed by atoms with Gasteiger partial charge in [0.15, 0.2) is 5.41 Å². The molecule has 2 aromatic carbocycles. The van der Waals surface area contributed by atoms with E-state index in [-0.39, 0.29) is 17.9 Å². The minimum atomic E-state index is -1.27. The smallest absolute Gasteiger partial charge is 0.322 e. The van der Waals surface area contributed by atoms with Gasteiger partial charge < -0.3 is 14.5 Å². The molecule has 0 radical (unpaired) electrons. The summed E-state index contributed by atoms with van der Waals surface area (Å²) < 4.78 is 7.16. The van der Waals surface area contributed by atoms with E-state index in [0.29, 0.717) is 19.6 Å². The summed E-state index contributed by atoms with van der Waals surface area (Å²) in [5.74, 6) is -0.878. The number of para-hydroxylation sites is 1. The molecule has 3 aromatic rings. The molecule has 0 spiro atoms. The number of nitrogens with zero attached hydrogens (tertiary/aromatic N) is 2. The van der Waals surface area contributed by atoms with Crippen molar-refractivity contribution in [2.24, 2.45) is 11.3 Å². The molecule has 6 heteroatoms. The average molecular weight is 457 g/mol. The molecule has 1 aromatic heterocycles. The Balaban J connectivity index is 1.51. The van der Waals surface area contributed by atoms with Gasteiger partial charge in [-0.3, -0.25) is 9.59 Å². The number of ether oxygens (including phenoxy) is 1. The molecule has 0 saturated carbocycles. The van der Waals surface area contributed by atoms with Crippen LogP contribution in [0.15, 0.2) is 61.2 Å². The number of fused-ring (bicyclic) bond motifs is 5. The molecule has 6 rings (SSSR count). The van der Waals surface area contributed by atoms with E-state index >= 15 is 0 Å². The number of esters is 1. The predicted octanol–water partition coefficient (Wildman–Crippen LogP) is 4.01. The molecule has 1 amide bonds. The Hall–Kier alpha value is -3.54. The highest BCUT2D eigenvalue weighted by Gasteiger charge is 2.63. The van der Waals surface area contributed by atoms with Crippen molar-refractivity contribution >= 4 is 28.4 Å². The summed E-state index contributed by atoms with van der Waals surface area (Å²) in [6, 6.07) is 18.2. The summed E-state index contributed by atoms with van der Waals surface area (Å²) in [6.45, 7) is 5.59. The number of amides is 1. The van der Waals surface area contributed by atoms with Gasteiger partial charge in [-0.1, -0.05) is 55.1 Å². The third-order valence-electron chi connectivity index (χ3n) is 7.99. The van der Waals surface area contributed by atoms with Crippen molar-refractivity contribution < 1.29 is 19.2 Å². The molecular weight excluding hydrogens is 428 g/mol. The molecule has 3 heterocycles. The van der Waals surface area contributed by atoms with Crippen LogP contribution < -0.4 is 4.84 Å². The fourth-order valence-electron chi connectivity index (χ4n) is 6.42. The van der Waals surface area contributed by atoms with Crippen LogP contribution in [-0.4, -0.2) is 41.2 Å². The lowest BCUT2D eigenvalue weighted by Gasteiger charge is -2.49. The Morgan fingerprint density at radius 2 is 1.91 bits per heavy atom. The van der Waals surface area contributed by atoms with Crippen LogP contribution in [0.25, 0.3) is 16.5 Å². The molecule has 6 nitrogen and oxygen atoms in total. The molecule has 3 atom stereocenters. The fourth-order valence-corrected chi connectivity index (χ4v) is 6.42. The lowest BCUT2D eigenvalue weighted by molar-refractivity contribution is -0.171. The third-order valence-corrected chi connectivity index (χ3v) is 7.99. The monoisotopic (exact) mass is 456 g/mol. The van der Waals surface area contributed by atoms with Crippen LogP contribution in [0.1, 0.15) is 36.1 Å². The van der Waals surface area contributed by atoms with E-state index in [9.17, 15) is 9.59 Å². The summed E-state index contributed by atoms with van der Waals surface area (Å²) in [5.41, 5.74) is 3.32. The van der Waals surface area contributed by atoms with Crippen LogP contribution >= 0.6 is 0 Å². The van der Waals surface area contributed by atoms with Crippen LogP contribution in [0.5, 0.6) is 0 Å². The summed E-state index contributed by atoms with van der Waals surface area (Å²) >= 11 is 0. The highest BCUT2D eigenvalue weighted by atomic mass is 16.7. The highest BCUT2D eigenvalue weighted by Crippen LogP contribution is 2.55. The van der Waals surface area contributed by atoms with Gasteiger partial charge in [-0.25, -0.2) is 0 Å². The first-order valence-electron chi connectivity index (χ1n) is 11.9. The molecule has 2 aliphatic heterocycles. The number of aromatic nitrogens is 1. The first-order valence-corrected chi connectivity index (χ1v) is 11.9. The number of benzene rings is 2. The second-order valence-corrected chi connectivity index (χ2v) is 9.65. The molecular formula is C28H28N2O4. The van der Waals surface area contributed by atoms with E-state index in [4.69, 9.17) is 9.57 Å². The summed E-state index contributed by atoms with van der Waals surface area (Å²) in [7, 11) is 1.38. The minimum Gasteiger partial charge on any atom is -0.468 e. The van der Waals surface area contributed by atoms with E-state index in [2.05, 4.69) is 6.58 Å². The van der Waals surface area contributed by atoms with Crippen LogP contribution in [0.3, 0.4) is 0 Å². The minimum absolute atomic E-state index is 0.105. The van der Waals surface area contributed by atoms with Crippen molar-refractivity contribution in [2.75, 3.05) is 13.7 Å². The number of carbonyl (C=O) groups excluding carboxylic acids is 2. The van der Waals surface area contributed by atoms with Crippen molar-refractivity contribution in [3.63, 3.8) is 0 Å². The SMILES string of the molecule is C=C1c2c(c3ccccc3n2OCc2ccccc2)CC2(C(=O)OC)C(=O)N3CCCC3CC12.